The first-order chi connectivity index (χ1) is 15.0. The third-order valence-electron chi connectivity index (χ3n) is 4.72. The zero-order chi connectivity index (χ0) is 22.0. The number of hydrogen-bond donors (Lipinski definition) is 1. The Morgan fingerprint density at radius 2 is 1.58 bits per heavy atom. The highest BCUT2D eigenvalue weighted by Gasteiger charge is 2.40. The predicted octanol–water partition coefficient (Wildman–Crippen LogP) is 4.76. The van der Waals surface area contributed by atoms with Gasteiger partial charge in [0.25, 0.3) is 11.8 Å². The van der Waals surface area contributed by atoms with Gasteiger partial charge < -0.3 is 10.1 Å². The monoisotopic (exact) mass is 420 g/mol. The number of nitrogens with zero attached hydrogens (tertiary/aromatic N) is 1. The molecule has 0 unspecified atom stereocenters. The van der Waals surface area contributed by atoms with E-state index in [0.717, 1.165) is 11.0 Å². The van der Waals surface area contributed by atoms with Gasteiger partial charge in [0, 0.05) is 5.69 Å². The van der Waals surface area contributed by atoms with Gasteiger partial charge in [0.1, 0.15) is 23.1 Å². The summed E-state index contributed by atoms with van der Waals surface area (Å²) in [4.78, 5) is 27.4. The average molecular weight is 420 g/mol. The van der Waals surface area contributed by atoms with Crippen molar-refractivity contribution in [3.8, 4) is 5.75 Å². The minimum Gasteiger partial charge on any atom is -0.494 e. The molecule has 0 atom stereocenters. The van der Waals surface area contributed by atoms with E-state index in [2.05, 4.69) is 5.32 Å². The van der Waals surface area contributed by atoms with Crippen LogP contribution >= 0.6 is 0 Å². The minimum atomic E-state index is -0.635. The predicted molar refractivity (Wildman–Crippen MR) is 113 cm³/mol. The first-order valence-electron chi connectivity index (χ1n) is 9.62. The number of benzene rings is 3. The molecule has 5 nitrogen and oxygen atoms in total. The zero-order valence-electron chi connectivity index (χ0n) is 16.6. The van der Waals surface area contributed by atoms with Crippen molar-refractivity contribution < 1.29 is 23.1 Å². The van der Waals surface area contributed by atoms with Gasteiger partial charge in [0.05, 0.1) is 17.9 Å². The molecule has 3 aromatic carbocycles. The second-order valence-corrected chi connectivity index (χ2v) is 6.76. The van der Waals surface area contributed by atoms with E-state index in [9.17, 15) is 18.4 Å². The average Bonchev–Trinajstić information content (AvgIpc) is 3.00. The number of carbonyl (C=O) groups excluding carboxylic acids is 2. The Morgan fingerprint density at radius 1 is 0.871 bits per heavy atom. The summed E-state index contributed by atoms with van der Waals surface area (Å²) in [7, 11) is 0. The summed E-state index contributed by atoms with van der Waals surface area (Å²) >= 11 is 0. The Kier molecular flexibility index (Phi) is 5.49. The Bertz CT molecular complexity index is 1170. The van der Waals surface area contributed by atoms with Crippen LogP contribution < -0.4 is 15.0 Å². The van der Waals surface area contributed by atoms with Crippen molar-refractivity contribution in [1.82, 2.24) is 0 Å². The van der Waals surface area contributed by atoms with Crippen LogP contribution in [0, 0.1) is 11.6 Å². The number of halogens is 2. The number of hydrogen-bond acceptors (Lipinski definition) is 4. The number of imide groups is 1. The van der Waals surface area contributed by atoms with Gasteiger partial charge in [-0.25, -0.2) is 13.7 Å². The maximum absolute atomic E-state index is 13.8. The Morgan fingerprint density at radius 3 is 2.23 bits per heavy atom. The van der Waals surface area contributed by atoms with Gasteiger partial charge in [-0.05, 0) is 67.1 Å². The summed E-state index contributed by atoms with van der Waals surface area (Å²) in [6, 6.07) is 17.4. The molecule has 0 radical (unpaired) electrons. The van der Waals surface area contributed by atoms with Crippen LogP contribution in [0.3, 0.4) is 0 Å². The number of carbonyl (C=O) groups is 2. The van der Waals surface area contributed by atoms with Gasteiger partial charge in [-0.2, -0.15) is 0 Å². The summed E-state index contributed by atoms with van der Waals surface area (Å²) in [5.41, 5.74) is 1.19. The van der Waals surface area contributed by atoms with Crippen molar-refractivity contribution in [2.75, 3.05) is 16.8 Å². The fourth-order valence-electron chi connectivity index (χ4n) is 3.33. The van der Waals surface area contributed by atoms with Crippen LogP contribution in [-0.2, 0) is 9.59 Å². The van der Waals surface area contributed by atoms with Crippen molar-refractivity contribution in [2.24, 2.45) is 0 Å². The van der Waals surface area contributed by atoms with Crippen LogP contribution in [-0.4, -0.2) is 18.4 Å². The van der Waals surface area contributed by atoms with E-state index >= 15 is 0 Å². The van der Waals surface area contributed by atoms with Crippen molar-refractivity contribution in [2.45, 2.75) is 6.92 Å². The lowest BCUT2D eigenvalue weighted by atomic mass is 10.0. The Labute approximate surface area is 177 Å². The van der Waals surface area contributed by atoms with Crippen molar-refractivity contribution in [1.29, 1.82) is 0 Å². The molecule has 0 spiro atoms. The molecule has 0 aromatic heterocycles. The van der Waals surface area contributed by atoms with Gasteiger partial charge in [-0.3, -0.25) is 9.59 Å². The number of nitrogens with one attached hydrogen (secondary N) is 1. The molecule has 0 saturated heterocycles. The van der Waals surface area contributed by atoms with Gasteiger partial charge in [-0.15, -0.1) is 0 Å². The van der Waals surface area contributed by atoms with Crippen molar-refractivity contribution in [3.05, 3.63) is 95.7 Å². The second kappa shape index (κ2) is 8.39. The smallest absolute Gasteiger partial charge is 0.282 e. The Hall–Kier alpha value is -4.00. The van der Waals surface area contributed by atoms with E-state index in [-0.39, 0.29) is 17.0 Å². The fourth-order valence-corrected chi connectivity index (χ4v) is 3.33. The molecular weight excluding hydrogens is 402 g/mol. The van der Waals surface area contributed by atoms with Gasteiger partial charge >= 0.3 is 0 Å². The summed E-state index contributed by atoms with van der Waals surface area (Å²) in [6.45, 7) is 2.35. The molecule has 1 N–H and O–H groups in total. The van der Waals surface area contributed by atoms with Crippen LogP contribution in [0.2, 0.25) is 0 Å². The number of amides is 2. The third kappa shape index (κ3) is 4.02. The number of ether oxygens (including phenoxy) is 1. The molecule has 0 fully saturated rings. The van der Waals surface area contributed by atoms with Gasteiger partial charge in [-0.1, -0.05) is 18.2 Å². The topological polar surface area (TPSA) is 58.6 Å². The lowest BCUT2D eigenvalue weighted by Crippen LogP contribution is -2.32. The van der Waals surface area contributed by atoms with Crippen molar-refractivity contribution >= 4 is 28.8 Å². The maximum Gasteiger partial charge on any atom is 0.282 e. The zero-order valence-corrected chi connectivity index (χ0v) is 16.6. The summed E-state index contributed by atoms with van der Waals surface area (Å²) in [6.07, 6.45) is 0. The quantitative estimate of drug-likeness (QED) is 0.584. The summed E-state index contributed by atoms with van der Waals surface area (Å²) in [5.74, 6) is -1.60. The van der Waals surface area contributed by atoms with Crippen LogP contribution in [0.15, 0.2) is 78.5 Å². The maximum atomic E-state index is 13.8. The van der Waals surface area contributed by atoms with Crippen LogP contribution in [0.1, 0.15) is 12.5 Å². The normalized spacial score (nSPS) is 13.7. The molecule has 7 heteroatoms. The molecule has 0 bridgehead atoms. The molecular formula is C24H18F2N2O3. The SMILES string of the molecule is CCOc1ccc(C2=C(Nc3ccc(F)cc3)C(=O)N(c3cccc(F)c3)C2=O)cc1. The van der Waals surface area contributed by atoms with Crippen LogP contribution in [0.25, 0.3) is 5.57 Å². The van der Waals surface area contributed by atoms with E-state index < -0.39 is 23.4 Å². The highest BCUT2D eigenvalue weighted by atomic mass is 19.1. The van der Waals surface area contributed by atoms with Gasteiger partial charge in [0.2, 0.25) is 0 Å². The van der Waals surface area contributed by atoms with E-state index in [0.29, 0.717) is 23.6 Å². The largest absolute Gasteiger partial charge is 0.494 e. The molecule has 1 heterocycles. The molecule has 0 aliphatic carbocycles. The van der Waals surface area contributed by atoms with E-state index in [1.165, 1.54) is 42.5 Å². The molecule has 0 saturated carbocycles. The number of rotatable bonds is 6. The minimum absolute atomic E-state index is 0.0185. The Balaban J connectivity index is 1.79. The van der Waals surface area contributed by atoms with E-state index in [4.69, 9.17) is 4.74 Å². The number of anilines is 2. The first kappa shape index (κ1) is 20.3. The summed E-state index contributed by atoms with van der Waals surface area (Å²) in [5, 5.41) is 2.93. The summed E-state index contributed by atoms with van der Waals surface area (Å²) < 4.78 is 32.5. The molecule has 156 valence electrons. The van der Waals surface area contributed by atoms with E-state index in [1.807, 2.05) is 6.92 Å². The molecule has 1 aliphatic rings. The second-order valence-electron chi connectivity index (χ2n) is 6.76. The van der Waals surface area contributed by atoms with Crippen molar-refractivity contribution in [3.63, 3.8) is 0 Å². The van der Waals surface area contributed by atoms with Crippen LogP contribution in [0.5, 0.6) is 5.75 Å². The van der Waals surface area contributed by atoms with E-state index in [1.54, 1.807) is 24.3 Å². The fraction of sp³-hybridized carbons (Fsp3) is 0.0833. The van der Waals surface area contributed by atoms with Crippen LogP contribution in [0.4, 0.5) is 20.2 Å². The van der Waals surface area contributed by atoms with Gasteiger partial charge in [0.15, 0.2) is 0 Å². The molecule has 31 heavy (non-hydrogen) atoms. The standard InChI is InChI=1S/C24H18F2N2O3/c1-2-31-20-12-6-15(7-13-20)21-22(27-18-10-8-16(25)9-11-18)24(30)28(23(21)29)19-5-3-4-17(26)14-19/h3-14,27H,2H2,1H3. The lowest BCUT2D eigenvalue weighted by molar-refractivity contribution is -0.120. The first-order valence-corrected chi connectivity index (χ1v) is 9.62. The molecule has 3 aromatic rings. The highest BCUT2D eigenvalue weighted by molar-refractivity contribution is 6.46. The molecule has 1 aliphatic heterocycles. The molecule has 4 rings (SSSR count). The molecule has 2 amide bonds. The highest BCUT2D eigenvalue weighted by Crippen LogP contribution is 2.34. The third-order valence-corrected chi connectivity index (χ3v) is 4.72. The lowest BCUT2D eigenvalue weighted by Gasteiger charge is -2.15.